The van der Waals surface area contributed by atoms with Crippen molar-refractivity contribution in [3.63, 3.8) is 0 Å². The Morgan fingerprint density at radius 2 is 1.93 bits per heavy atom. The number of hydrogen-bond acceptors (Lipinski definition) is 4. The van der Waals surface area contributed by atoms with E-state index >= 15 is 0 Å². The van der Waals surface area contributed by atoms with E-state index in [2.05, 4.69) is 10.5 Å². The largest absolute Gasteiger partial charge is 0.478 e. The molecular weight excluding hydrogens is 200 g/mol. The Hall–Kier alpha value is -2.37. The van der Waals surface area contributed by atoms with Gasteiger partial charge in [-0.25, -0.2) is 9.59 Å². The number of hydrogen-bond donors (Lipinski definition) is 3. The number of para-hydroxylation sites is 1. The van der Waals surface area contributed by atoms with Gasteiger partial charge in [-0.05, 0) is 12.1 Å². The third-order valence-corrected chi connectivity index (χ3v) is 1.52. The molecule has 0 aliphatic heterocycles. The van der Waals surface area contributed by atoms with Gasteiger partial charge < -0.3 is 10.2 Å². The lowest BCUT2D eigenvalue weighted by Gasteiger charge is -2.03. The molecule has 0 radical (unpaired) electrons. The van der Waals surface area contributed by atoms with Crippen LogP contribution < -0.4 is 5.43 Å². The first-order valence-corrected chi connectivity index (χ1v) is 3.95. The number of rotatable bonds is 4. The Balaban J connectivity index is 2.85. The number of aromatic carboxylic acids is 1. The highest BCUT2D eigenvalue weighted by atomic mass is 16.4. The Kier molecular flexibility index (Phi) is 3.39. The van der Waals surface area contributed by atoms with Crippen LogP contribution in [0.3, 0.4) is 0 Å². The van der Waals surface area contributed by atoms with Crippen molar-refractivity contribution < 1.29 is 19.8 Å². The van der Waals surface area contributed by atoms with Crippen molar-refractivity contribution in [3.8, 4) is 0 Å². The van der Waals surface area contributed by atoms with Gasteiger partial charge >= 0.3 is 11.9 Å². The summed E-state index contributed by atoms with van der Waals surface area (Å²) >= 11 is 0. The SMILES string of the molecule is O=C(O)C=NNc1ccccc1C(=O)O. The van der Waals surface area contributed by atoms with Crippen LogP contribution in [0.25, 0.3) is 0 Å². The first-order valence-electron chi connectivity index (χ1n) is 3.95. The van der Waals surface area contributed by atoms with E-state index in [0.717, 1.165) is 0 Å². The van der Waals surface area contributed by atoms with Gasteiger partial charge in [0.1, 0.15) is 6.21 Å². The second-order valence-corrected chi connectivity index (χ2v) is 2.56. The minimum absolute atomic E-state index is 0.0278. The molecule has 6 heteroatoms. The zero-order chi connectivity index (χ0) is 11.3. The maximum Gasteiger partial charge on any atom is 0.348 e. The van der Waals surface area contributed by atoms with Crippen LogP contribution in [0.1, 0.15) is 10.4 Å². The van der Waals surface area contributed by atoms with E-state index in [9.17, 15) is 9.59 Å². The summed E-state index contributed by atoms with van der Waals surface area (Å²) in [6, 6.07) is 6.06. The second kappa shape index (κ2) is 4.75. The molecule has 0 fully saturated rings. The molecule has 0 aromatic heterocycles. The van der Waals surface area contributed by atoms with Gasteiger partial charge in [0.05, 0.1) is 11.3 Å². The normalized spacial score (nSPS) is 10.1. The fourth-order valence-electron chi connectivity index (χ4n) is 0.924. The van der Waals surface area contributed by atoms with Gasteiger partial charge in [-0.2, -0.15) is 5.10 Å². The molecule has 0 saturated carbocycles. The fraction of sp³-hybridized carbons (Fsp3) is 0. The molecule has 0 amide bonds. The average molecular weight is 208 g/mol. The number of anilines is 1. The average Bonchev–Trinajstić information content (AvgIpc) is 2.17. The Labute approximate surface area is 84.9 Å². The fourth-order valence-corrected chi connectivity index (χ4v) is 0.924. The van der Waals surface area contributed by atoms with Gasteiger partial charge in [0, 0.05) is 0 Å². The predicted octanol–water partition coefficient (Wildman–Crippen LogP) is 0.867. The monoisotopic (exact) mass is 208 g/mol. The number of aliphatic carboxylic acids is 1. The number of carbonyl (C=O) groups is 2. The number of hydrazone groups is 1. The lowest BCUT2D eigenvalue weighted by Crippen LogP contribution is -2.03. The molecule has 0 heterocycles. The van der Waals surface area contributed by atoms with Gasteiger partial charge in [0.25, 0.3) is 0 Å². The Bertz CT molecular complexity index is 414. The highest BCUT2D eigenvalue weighted by Gasteiger charge is 2.07. The maximum absolute atomic E-state index is 10.7. The van der Waals surface area contributed by atoms with Crippen molar-refractivity contribution >= 4 is 23.8 Å². The highest BCUT2D eigenvalue weighted by Crippen LogP contribution is 2.14. The third-order valence-electron chi connectivity index (χ3n) is 1.52. The summed E-state index contributed by atoms with van der Waals surface area (Å²) in [6.45, 7) is 0. The number of benzene rings is 1. The van der Waals surface area contributed by atoms with Crippen LogP contribution in [0.4, 0.5) is 5.69 Å². The van der Waals surface area contributed by atoms with E-state index in [-0.39, 0.29) is 11.3 Å². The molecule has 15 heavy (non-hydrogen) atoms. The predicted molar refractivity (Wildman–Crippen MR) is 53.2 cm³/mol. The zero-order valence-electron chi connectivity index (χ0n) is 7.54. The van der Waals surface area contributed by atoms with Crippen LogP contribution in [-0.4, -0.2) is 28.4 Å². The van der Waals surface area contributed by atoms with Crippen molar-refractivity contribution in [2.75, 3.05) is 5.43 Å². The number of carboxylic acid groups (broad SMARTS) is 2. The Morgan fingerprint density at radius 1 is 1.27 bits per heavy atom. The lowest BCUT2D eigenvalue weighted by atomic mass is 10.2. The molecule has 0 bridgehead atoms. The number of nitrogens with one attached hydrogen (secondary N) is 1. The summed E-state index contributed by atoms with van der Waals surface area (Å²) in [7, 11) is 0. The van der Waals surface area contributed by atoms with E-state index < -0.39 is 11.9 Å². The van der Waals surface area contributed by atoms with E-state index in [4.69, 9.17) is 10.2 Å². The molecule has 1 aromatic carbocycles. The van der Waals surface area contributed by atoms with Crippen molar-refractivity contribution in [1.29, 1.82) is 0 Å². The van der Waals surface area contributed by atoms with Crippen molar-refractivity contribution in [2.24, 2.45) is 5.10 Å². The van der Waals surface area contributed by atoms with Crippen molar-refractivity contribution in [1.82, 2.24) is 0 Å². The summed E-state index contributed by atoms with van der Waals surface area (Å²) in [5, 5.41) is 20.4. The molecule has 0 saturated heterocycles. The van der Waals surface area contributed by atoms with Crippen molar-refractivity contribution in [3.05, 3.63) is 29.8 Å². The van der Waals surface area contributed by atoms with Crippen LogP contribution in [0.5, 0.6) is 0 Å². The molecule has 0 aliphatic rings. The summed E-state index contributed by atoms with van der Waals surface area (Å²) in [5.74, 6) is -2.32. The van der Waals surface area contributed by atoms with Crippen molar-refractivity contribution in [2.45, 2.75) is 0 Å². The molecule has 6 nitrogen and oxygen atoms in total. The third kappa shape index (κ3) is 3.11. The van der Waals surface area contributed by atoms with E-state index in [1.54, 1.807) is 12.1 Å². The molecule has 0 spiro atoms. The maximum atomic E-state index is 10.7. The first-order chi connectivity index (χ1) is 7.11. The molecule has 1 aromatic rings. The quantitative estimate of drug-likeness (QED) is 0.503. The number of nitrogens with zero attached hydrogens (tertiary/aromatic N) is 1. The Morgan fingerprint density at radius 3 is 2.53 bits per heavy atom. The van der Waals surface area contributed by atoms with Gasteiger partial charge in [-0.3, -0.25) is 5.43 Å². The van der Waals surface area contributed by atoms with Gasteiger partial charge in [0.15, 0.2) is 0 Å². The molecule has 0 aliphatic carbocycles. The molecule has 1 rings (SSSR count). The van der Waals surface area contributed by atoms with E-state index in [0.29, 0.717) is 6.21 Å². The van der Waals surface area contributed by atoms with E-state index in [1.807, 2.05) is 0 Å². The minimum Gasteiger partial charge on any atom is -0.478 e. The molecule has 0 atom stereocenters. The summed E-state index contributed by atoms with van der Waals surface area (Å²) < 4.78 is 0. The molecular formula is C9H8N2O4. The summed E-state index contributed by atoms with van der Waals surface area (Å²) in [5.41, 5.74) is 2.60. The van der Waals surface area contributed by atoms with Crippen LogP contribution in [0.15, 0.2) is 29.4 Å². The highest BCUT2D eigenvalue weighted by molar-refractivity contribution is 6.22. The van der Waals surface area contributed by atoms with Crippen LogP contribution in [0, 0.1) is 0 Å². The van der Waals surface area contributed by atoms with Gasteiger partial charge in [0.2, 0.25) is 0 Å². The minimum atomic E-state index is -1.21. The first kappa shape index (κ1) is 10.7. The molecule has 78 valence electrons. The summed E-state index contributed by atoms with van der Waals surface area (Å²) in [4.78, 5) is 20.8. The van der Waals surface area contributed by atoms with Crippen LogP contribution >= 0.6 is 0 Å². The molecule has 0 unspecified atom stereocenters. The standard InChI is InChI=1S/C9H8N2O4/c12-8(13)5-10-11-7-4-2-1-3-6(7)9(14)15/h1-5,11H,(H,12,13)(H,14,15). The second-order valence-electron chi connectivity index (χ2n) is 2.56. The van der Waals surface area contributed by atoms with E-state index in [1.165, 1.54) is 12.1 Å². The van der Waals surface area contributed by atoms with Crippen LogP contribution in [0.2, 0.25) is 0 Å². The zero-order valence-corrected chi connectivity index (χ0v) is 7.54. The smallest absolute Gasteiger partial charge is 0.348 e. The topological polar surface area (TPSA) is 99.0 Å². The summed E-state index contributed by atoms with van der Waals surface area (Å²) in [6.07, 6.45) is 0.638. The van der Waals surface area contributed by atoms with Gasteiger partial charge in [-0.1, -0.05) is 12.1 Å². The molecule has 3 N–H and O–H groups in total. The van der Waals surface area contributed by atoms with Crippen LogP contribution in [-0.2, 0) is 4.79 Å². The lowest BCUT2D eigenvalue weighted by molar-refractivity contribution is -0.128. The number of carboxylic acids is 2. The van der Waals surface area contributed by atoms with Gasteiger partial charge in [-0.15, -0.1) is 0 Å².